The molecule has 3 aromatic rings. The molecular formula is C24H24Cl2N2O5S. The standard InChI is InChI=1S/C24H24Cl2N2O5S/c1-4-33-22-11-5-16(24(29)27-21-14-19(26)8-12-23(21)32-3)13-17(22)15-28(2)34(30,31)20-9-6-18(25)7-10-20/h5-14H,4,15H2,1-3H3,(H,27,29). The van der Waals surface area contributed by atoms with Gasteiger partial charge < -0.3 is 14.8 Å². The lowest BCUT2D eigenvalue weighted by molar-refractivity contribution is 0.102. The predicted molar refractivity (Wildman–Crippen MR) is 134 cm³/mol. The van der Waals surface area contributed by atoms with Gasteiger partial charge in [0.1, 0.15) is 11.5 Å². The molecule has 0 aliphatic heterocycles. The number of benzene rings is 3. The first kappa shape index (κ1) is 25.8. The summed E-state index contributed by atoms with van der Waals surface area (Å²) >= 11 is 11.9. The molecule has 0 fully saturated rings. The number of hydrogen-bond acceptors (Lipinski definition) is 5. The lowest BCUT2D eigenvalue weighted by Crippen LogP contribution is -2.27. The first-order valence-corrected chi connectivity index (χ1v) is 12.5. The molecule has 1 N–H and O–H groups in total. The Morgan fingerprint density at radius 2 is 1.62 bits per heavy atom. The third-order valence-electron chi connectivity index (χ3n) is 4.95. The van der Waals surface area contributed by atoms with Crippen molar-refractivity contribution >= 4 is 44.8 Å². The van der Waals surface area contributed by atoms with Gasteiger partial charge in [0.15, 0.2) is 0 Å². The van der Waals surface area contributed by atoms with E-state index in [4.69, 9.17) is 32.7 Å². The molecule has 0 radical (unpaired) electrons. The van der Waals surface area contributed by atoms with Crippen molar-refractivity contribution in [3.63, 3.8) is 0 Å². The van der Waals surface area contributed by atoms with E-state index in [1.165, 1.54) is 42.7 Å². The Bertz CT molecular complexity index is 1280. The summed E-state index contributed by atoms with van der Waals surface area (Å²) < 4.78 is 38.2. The van der Waals surface area contributed by atoms with Crippen LogP contribution in [0.25, 0.3) is 0 Å². The third-order valence-corrected chi connectivity index (χ3v) is 7.25. The summed E-state index contributed by atoms with van der Waals surface area (Å²) in [5.74, 6) is 0.531. The van der Waals surface area contributed by atoms with Crippen LogP contribution in [0, 0.1) is 0 Å². The Kier molecular flexibility index (Phi) is 8.43. The first-order valence-electron chi connectivity index (χ1n) is 10.3. The van der Waals surface area contributed by atoms with Crippen molar-refractivity contribution in [1.82, 2.24) is 4.31 Å². The number of sulfonamides is 1. The van der Waals surface area contributed by atoms with Crippen LogP contribution in [0.3, 0.4) is 0 Å². The maximum Gasteiger partial charge on any atom is 0.255 e. The molecule has 0 saturated carbocycles. The average molecular weight is 523 g/mol. The fourth-order valence-electron chi connectivity index (χ4n) is 3.22. The number of amides is 1. The summed E-state index contributed by atoms with van der Waals surface area (Å²) in [6.07, 6.45) is 0. The van der Waals surface area contributed by atoms with Crippen LogP contribution < -0.4 is 14.8 Å². The van der Waals surface area contributed by atoms with Crippen molar-refractivity contribution in [3.05, 3.63) is 81.8 Å². The van der Waals surface area contributed by atoms with Crippen molar-refractivity contribution < 1.29 is 22.7 Å². The van der Waals surface area contributed by atoms with E-state index < -0.39 is 15.9 Å². The van der Waals surface area contributed by atoms with Crippen molar-refractivity contribution in [1.29, 1.82) is 0 Å². The fraction of sp³-hybridized carbons (Fsp3) is 0.208. The fourth-order valence-corrected chi connectivity index (χ4v) is 4.67. The molecule has 34 heavy (non-hydrogen) atoms. The number of nitrogens with one attached hydrogen (secondary N) is 1. The van der Waals surface area contributed by atoms with E-state index in [0.717, 1.165) is 0 Å². The van der Waals surface area contributed by atoms with Gasteiger partial charge in [0.05, 0.1) is 24.3 Å². The number of methoxy groups -OCH3 is 1. The van der Waals surface area contributed by atoms with Gasteiger partial charge in [0.2, 0.25) is 10.0 Å². The van der Waals surface area contributed by atoms with Gasteiger partial charge in [-0.3, -0.25) is 4.79 Å². The largest absolute Gasteiger partial charge is 0.495 e. The minimum atomic E-state index is -3.79. The predicted octanol–water partition coefficient (Wildman–Crippen LogP) is 5.47. The number of rotatable bonds is 9. The Labute approximate surface area is 209 Å². The van der Waals surface area contributed by atoms with Gasteiger partial charge in [-0.2, -0.15) is 4.31 Å². The molecule has 0 spiro atoms. The Balaban J connectivity index is 1.89. The van der Waals surface area contributed by atoms with Gasteiger partial charge in [0.25, 0.3) is 5.91 Å². The molecule has 0 heterocycles. The molecule has 180 valence electrons. The second-order valence-corrected chi connectivity index (χ2v) is 10.2. The Morgan fingerprint density at radius 3 is 2.26 bits per heavy atom. The Hall–Kier alpha value is -2.78. The van der Waals surface area contributed by atoms with Crippen LogP contribution in [0.15, 0.2) is 65.6 Å². The lowest BCUT2D eigenvalue weighted by Gasteiger charge is -2.20. The van der Waals surface area contributed by atoms with Crippen LogP contribution in [0.2, 0.25) is 10.0 Å². The highest BCUT2D eigenvalue weighted by Gasteiger charge is 2.23. The van der Waals surface area contributed by atoms with Crippen LogP contribution in [-0.2, 0) is 16.6 Å². The first-order chi connectivity index (χ1) is 16.1. The van der Waals surface area contributed by atoms with Gasteiger partial charge in [-0.1, -0.05) is 23.2 Å². The second-order valence-electron chi connectivity index (χ2n) is 7.27. The third kappa shape index (κ3) is 6.01. The van der Waals surface area contributed by atoms with E-state index in [-0.39, 0.29) is 11.4 Å². The highest BCUT2D eigenvalue weighted by molar-refractivity contribution is 7.89. The van der Waals surface area contributed by atoms with Gasteiger partial charge in [-0.15, -0.1) is 0 Å². The average Bonchev–Trinajstić information content (AvgIpc) is 2.80. The molecule has 0 aliphatic carbocycles. The van der Waals surface area contributed by atoms with E-state index in [1.807, 2.05) is 6.92 Å². The van der Waals surface area contributed by atoms with Gasteiger partial charge in [-0.25, -0.2) is 8.42 Å². The molecule has 0 saturated heterocycles. The number of hydrogen-bond donors (Lipinski definition) is 1. The molecule has 1 amide bonds. The smallest absolute Gasteiger partial charge is 0.255 e. The molecule has 3 aromatic carbocycles. The highest BCUT2D eigenvalue weighted by Crippen LogP contribution is 2.29. The van der Waals surface area contributed by atoms with Gasteiger partial charge in [-0.05, 0) is 67.6 Å². The highest BCUT2D eigenvalue weighted by atomic mass is 35.5. The molecule has 0 aromatic heterocycles. The van der Waals surface area contributed by atoms with E-state index in [0.29, 0.717) is 45.0 Å². The number of anilines is 1. The topological polar surface area (TPSA) is 84.9 Å². The van der Waals surface area contributed by atoms with E-state index >= 15 is 0 Å². The normalized spacial score (nSPS) is 11.4. The minimum Gasteiger partial charge on any atom is -0.495 e. The van der Waals surface area contributed by atoms with Gasteiger partial charge >= 0.3 is 0 Å². The maximum atomic E-state index is 13.0. The molecular weight excluding hydrogens is 499 g/mol. The van der Waals surface area contributed by atoms with Crippen LogP contribution in [-0.4, -0.2) is 39.4 Å². The zero-order valence-electron chi connectivity index (χ0n) is 18.8. The maximum absolute atomic E-state index is 13.0. The van der Waals surface area contributed by atoms with E-state index in [1.54, 1.807) is 36.4 Å². The van der Waals surface area contributed by atoms with Crippen molar-refractivity contribution in [3.8, 4) is 11.5 Å². The van der Waals surface area contributed by atoms with Crippen LogP contribution in [0.4, 0.5) is 5.69 Å². The Morgan fingerprint density at radius 1 is 0.971 bits per heavy atom. The summed E-state index contributed by atoms with van der Waals surface area (Å²) in [5, 5.41) is 3.66. The number of carbonyl (C=O) groups is 1. The van der Waals surface area contributed by atoms with Crippen LogP contribution in [0.5, 0.6) is 11.5 Å². The minimum absolute atomic E-state index is 0.0120. The molecule has 0 atom stereocenters. The van der Waals surface area contributed by atoms with Gasteiger partial charge in [0, 0.05) is 34.8 Å². The monoisotopic (exact) mass is 522 g/mol. The number of carbonyl (C=O) groups excluding carboxylic acids is 1. The number of nitrogens with zero attached hydrogens (tertiary/aromatic N) is 1. The molecule has 0 unspecified atom stereocenters. The molecule has 0 bridgehead atoms. The summed E-state index contributed by atoms with van der Waals surface area (Å²) in [7, 11) is -0.841. The number of halogens is 2. The second kappa shape index (κ2) is 11.1. The SMILES string of the molecule is CCOc1ccc(C(=O)Nc2cc(Cl)ccc2OC)cc1CN(C)S(=O)(=O)c1ccc(Cl)cc1. The van der Waals surface area contributed by atoms with Crippen LogP contribution in [0.1, 0.15) is 22.8 Å². The summed E-state index contributed by atoms with van der Waals surface area (Å²) in [4.78, 5) is 13.1. The summed E-state index contributed by atoms with van der Waals surface area (Å²) in [5.41, 5.74) is 1.27. The zero-order valence-corrected chi connectivity index (χ0v) is 21.2. The molecule has 0 aliphatic rings. The summed E-state index contributed by atoms with van der Waals surface area (Å²) in [6, 6.07) is 15.7. The van der Waals surface area contributed by atoms with E-state index in [2.05, 4.69) is 5.32 Å². The van der Waals surface area contributed by atoms with Crippen molar-refractivity contribution in [2.24, 2.45) is 0 Å². The zero-order chi connectivity index (χ0) is 24.9. The lowest BCUT2D eigenvalue weighted by atomic mass is 10.1. The van der Waals surface area contributed by atoms with E-state index in [9.17, 15) is 13.2 Å². The molecule has 3 rings (SSSR count). The van der Waals surface area contributed by atoms with Crippen molar-refractivity contribution in [2.45, 2.75) is 18.4 Å². The molecule has 10 heteroatoms. The number of ether oxygens (including phenoxy) is 2. The quantitative estimate of drug-likeness (QED) is 0.402. The van der Waals surface area contributed by atoms with Crippen LogP contribution >= 0.6 is 23.2 Å². The van der Waals surface area contributed by atoms with Crippen molar-refractivity contribution in [2.75, 3.05) is 26.1 Å². The summed E-state index contributed by atoms with van der Waals surface area (Å²) in [6.45, 7) is 2.19. The molecule has 7 nitrogen and oxygen atoms in total.